The van der Waals surface area contributed by atoms with Crippen molar-refractivity contribution in [3.63, 3.8) is 0 Å². The van der Waals surface area contributed by atoms with Gasteiger partial charge < -0.3 is 9.84 Å². The number of ether oxygens (including phenoxy) is 1. The summed E-state index contributed by atoms with van der Waals surface area (Å²) in [6, 6.07) is 7.73. The quantitative estimate of drug-likeness (QED) is 0.732. The van der Waals surface area contributed by atoms with Crippen molar-refractivity contribution in [3.05, 3.63) is 55.1 Å². The van der Waals surface area contributed by atoms with Gasteiger partial charge in [-0.2, -0.15) is 0 Å². The van der Waals surface area contributed by atoms with Gasteiger partial charge in [0.25, 0.3) is 0 Å². The van der Waals surface area contributed by atoms with Gasteiger partial charge in [-0.25, -0.2) is 0 Å². The fourth-order valence-electron chi connectivity index (χ4n) is 1.97. The third-order valence-corrected chi connectivity index (χ3v) is 2.76. The number of rotatable bonds is 7. The molecule has 2 nitrogen and oxygen atoms in total. The van der Waals surface area contributed by atoms with Crippen LogP contribution in [0.3, 0.4) is 0 Å². The van der Waals surface area contributed by atoms with Gasteiger partial charge in [0.15, 0.2) is 0 Å². The highest BCUT2D eigenvalue weighted by atomic mass is 16.5. The van der Waals surface area contributed by atoms with Crippen LogP contribution in [0, 0.1) is 0 Å². The second-order valence-electron chi connectivity index (χ2n) is 4.20. The Hall–Kier alpha value is -1.54. The zero-order valence-electron chi connectivity index (χ0n) is 10.4. The number of hydrogen-bond acceptors (Lipinski definition) is 2. The molecule has 0 spiro atoms. The third-order valence-electron chi connectivity index (χ3n) is 2.76. The summed E-state index contributed by atoms with van der Waals surface area (Å²) in [5, 5.41) is 10.5. The molecule has 17 heavy (non-hydrogen) atoms. The Kier molecular flexibility index (Phi) is 4.98. The molecule has 0 aromatic heterocycles. The molecule has 1 aromatic carbocycles. The Morgan fingerprint density at radius 3 is 2.35 bits per heavy atom. The first-order valence-corrected chi connectivity index (χ1v) is 5.71. The van der Waals surface area contributed by atoms with Crippen molar-refractivity contribution < 1.29 is 9.84 Å². The monoisotopic (exact) mass is 232 g/mol. The SMILES string of the molecule is C=CCC(O)(CC=C)Cc1ccccc1OC. The van der Waals surface area contributed by atoms with Crippen LogP contribution >= 0.6 is 0 Å². The van der Waals surface area contributed by atoms with Crippen molar-refractivity contribution in [2.45, 2.75) is 24.9 Å². The molecule has 2 heteroatoms. The van der Waals surface area contributed by atoms with Crippen molar-refractivity contribution in [1.82, 2.24) is 0 Å². The predicted octanol–water partition coefficient (Wildman–Crippen LogP) is 3.12. The summed E-state index contributed by atoms with van der Waals surface area (Å²) in [4.78, 5) is 0. The number of hydrogen-bond donors (Lipinski definition) is 1. The molecule has 0 unspecified atom stereocenters. The lowest BCUT2D eigenvalue weighted by Gasteiger charge is -2.26. The number of aliphatic hydroxyl groups is 1. The second-order valence-corrected chi connectivity index (χ2v) is 4.20. The molecule has 1 rings (SSSR count). The van der Waals surface area contributed by atoms with Crippen molar-refractivity contribution in [1.29, 1.82) is 0 Å². The van der Waals surface area contributed by atoms with E-state index in [0.717, 1.165) is 11.3 Å². The van der Waals surface area contributed by atoms with Gasteiger partial charge in [-0.3, -0.25) is 0 Å². The standard InChI is InChI=1S/C15H20O2/c1-4-10-15(16,11-5-2)12-13-8-6-7-9-14(13)17-3/h4-9,16H,1-2,10-12H2,3H3. The highest BCUT2D eigenvalue weighted by Gasteiger charge is 2.25. The molecule has 0 radical (unpaired) electrons. The van der Waals surface area contributed by atoms with Gasteiger partial charge in [-0.1, -0.05) is 30.4 Å². The summed E-state index contributed by atoms with van der Waals surface area (Å²) in [5.41, 5.74) is 0.180. The maximum absolute atomic E-state index is 10.5. The van der Waals surface area contributed by atoms with Crippen LogP contribution in [0.5, 0.6) is 5.75 Å². The first-order chi connectivity index (χ1) is 8.15. The molecular formula is C15H20O2. The van der Waals surface area contributed by atoms with Crippen LogP contribution in [-0.4, -0.2) is 17.8 Å². The average Bonchev–Trinajstić information content (AvgIpc) is 2.30. The molecule has 0 saturated carbocycles. The smallest absolute Gasteiger partial charge is 0.122 e. The normalized spacial score (nSPS) is 10.9. The molecule has 0 atom stereocenters. The lowest BCUT2D eigenvalue weighted by molar-refractivity contribution is 0.0462. The van der Waals surface area contributed by atoms with Crippen LogP contribution in [-0.2, 0) is 6.42 Å². The minimum absolute atomic E-state index is 0.537. The van der Waals surface area contributed by atoms with Gasteiger partial charge >= 0.3 is 0 Å². The molecule has 0 saturated heterocycles. The van der Waals surface area contributed by atoms with Crippen LogP contribution < -0.4 is 4.74 Å². The number of para-hydroxylation sites is 1. The van der Waals surface area contributed by atoms with E-state index in [0.29, 0.717) is 19.3 Å². The van der Waals surface area contributed by atoms with E-state index in [9.17, 15) is 5.11 Å². The Morgan fingerprint density at radius 2 is 1.82 bits per heavy atom. The van der Waals surface area contributed by atoms with E-state index in [1.165, 1.54) is 0 Å². The minimum atomic E-state index is -0.821. The molecular weight excluding hydrogens is 212 g/mol. The van der Waals surface area contributed by atoms with Crippen LogP contribution in [0.4, 0.5) is 0 Å². The molecule has 0 bridgehead atoms. The summed E-state index contributed by atoms with van der Waals surface area (Å²) < 4.78 is 5.28. The first-order valence-electron chi connectivity index (χ1n) is 5.71. The molecule has 1 N–H and O–H groups in total. The Morgan fingerprint density at radius 1 is 1.24 bits per heavy atom. The fourth-order valence-corrected chi connectivity index (χ4v) is 1.97. The first kappa shape index (κ1) is 13.5. The Balaban J connectivity index is 2.92. The van der Waals surface area contributed by atoms with Gasteiger partial charge in [0.05, 0.1) is 12.7 Å². The molecule has 0 heterocycles. The van der Waals surface area contributed by atoms with Crippen molar-refractivity contribution in [2.75, 3.05) is 7.11 Å². The van der Waals surface area contributed by atoms with Crippen molar-refractivity contribution >= 4 is 0 Å². The average molecular weight is 232 g/mol. The maximum Gasteiger partial charge on any atom is 0.122 e. The zero-order valence-corrected chi connectivity index (χ0v) is 10.4. The second kappa shape index (κ2) is 6.26. The van der Waals surface area contributed by atoms with Crippen molar-refractivity contribution in [3.8, 4) is 5.75 Å². The third kappa shape index (κ3) is 3.75. The van der Waals surface area contributed by atoms with E-state index in [-0.39, 0.29) is 0 Å². The number of methoxy groups -OCH3 is 1. The Labute approximate surface area is 103 Å². The van der Waals surface area contributed by atoms with Crippen LogP contribution in [0.15, 0.2) is 49.6 Å². The largest absolute Gasteiger partial charge is 0.496 e. The summed E-state index contributed by atoms with van der Waals surface area (Å²) >= 11 is 0. The summed E-state index contributed by atoms with van der Waals surface area (Å²) in [6.45, 7) is 7.37. The molecule has 1 aromatic rings. The van der Waals surface area contributed by atoms with E-state index < -0.39 is 5.60 Å². The van der Waals surface area contributed by atoms with Gasteiger partial charge in [-0.05, 0) is 24.5 Å². The van der Waals surface area contributed by atoms with Crippen molar-refractivity contribution in [2.24, 2.45) is 0 Å². The predicted molar refractivity (Wildman–Crippen MR) is 71.3 cm³/mol. The molecule has 0 amide bonds. The van der Waals surface area contributed by atoms with Gasteiger partial charge in [0, 0.05) is 6.42 Å². The molecule has 0 aliphatic carbocycles. The van der Waals surface area contributed by atoms with Crippen LogP contribution in [0.1, 0.15) is 18.4 Å². The summed E-state index contributed by atoms with van der Waals surface area (Å²) in [7, 11) is 1.64. The fraction of sp³-hybridized carbons (Fsp3) is 0.333. The molecule has 0 aliphatic rings. The topological polar surface area (TPSA) is 29.5 Å². The van der Waals surface area contributed by atoms with E-state index in [1.807, 2.05) is 24.3 Å². The molecule has 0 aliphatic heterocycles. The number of benzene rings is 1. The van der Waals surface area contributed by atoms with Gasteiger partial charge in [0.2, 0.25) is 0 Å². The van der Waals surface area contributed by atoms with Gasteiger partial charge in [0.1, 0.15) is 5.75 Å². The maximum atomic E-state index is 10.5. The molecule has 0 fully saturated rings. The van der Waals surface area contributed by atoms with E-state index in [2.05, 4.69) is 13.2 Å². The lowest BCUT2D eigenvalue weighted by Crippen LogP contribution is -2.30. The Bertz CT molecular complexity index is 372. The van der Waals surface area contributed by atoms with E-state index in [1.54, 1.807) is 19.3 Å². The van der Waals surface area contributed by atoms with Crippen LogP contribution in [0.2, 0.25) is 0 Å². The highest BCUT2D eigenvalue weighted by molar-refractivity contribution is 5.34. The van der Waals surface area contributed by atoms with Gasteiger partial charge in [-0.15, -0.1) is 13.2 Å². The summed E-state index contributed by atoms with van der Waals surface area (Å²) in [6.07, 6.45) is 5.08. The summed E-state index contributed by atoms with van der Waals surface area (Å²) in [5.74, 6) is 0.805. The lowest BCUT2D eigenvalue weighted by atomic mass is 9.88. The molecule has 92 valence electrons. The van der Waals surface area contributed by atoms with Crippen LogP contribution in [0.25, 0.3) is 0 Å². The highest BCUT2D eigenvalue weighted by Crippen LogP contribution is 2.27. The zero-order chi connectivity index (χ0) is 12.7. The van der Waals surface area contributed by atoms with E-state index >= 15 is 0 Å². The minimum Gasteiger partial charge on any atom is -0.496 e. The van der Waals surface area contributed by atoms with E-state index in [4.69, 9.17) is 4.74 Å².